The molecule has 0 aromatic carbocycles. The van der Waals surface area contributed by atoms with Gasteiger partial charge in [-0.3, -0.25) is 19.2 Å². The maximum atomic E-state index is 10.9. The number of carboxylic acids is 4. The molecular formula is C10H14O8. The van der Waals surface area contributed by atoms with Crippen molar-refractivity contribution in [3.63, 3.8) is 0 Å². The van der Waals surface area contributed by atoms with Crippen LogP contribution in [0.1, 0.15) is 25.7 Å². The van der Waals surface area contributed by atoms with Gasteiger partial charge in [0, 0.05) is 19.3 Å². The zero-order valence-corrected chi connectivity index (χ0v) is 9.40. The number of hydrogen-bond acceptors (Lipinski definition) is 4. The maximum absolute atomic E-state index is 10.9. The van der Waals surface area contributed by atoms with Crippen molar-refractivity contribution < 1.29 is 39.6 Å². The van der Waals surface area contributed by atoms with Crippen LogP contribution in [-0.2, 0) is 19.2 Å². The van der Waals surface area contributed by atoms with Crippen molar-refractivity contribution in [1.29, 1.82) is 0 Å². The van der Waals surface area contributed by atoms with Crippen LogP contribution >= 0.6 is 0 Å². The van der Waals surface area contributed by atoms with Crippen LogP contribution in [0.5, 0.6) is 0 Å². The zero-order valence-electron chi connectivity index (χ0n) is 9.40. The molecule has 1 unspecified atom stereocenters. The molecule has 0 aliphatic heterocycles. The minimum atomic E-state index is -1.39. The van der Waals surface area contributed by atoms with Gasteiger partial charge in [-0.05, 0) is 12.3 Å². The summed E-state index contributed by atoms with van der Waals surface area (Å²) >= 11 is 0. The summed E-state index contributed by atoms with van der Waals surface area (Å²) in [5.41, 5.74) is 0. The molecule has 0 fully saturated rings. The summed E-state index contributed by atoms with van der Waals surface area (Å²) in [6.45, 7) is 0. The molecule has 0 rings (SSSR count). The Morgan fingerprint density at radius 1 is 0.778 bits per heavy atom. The molecule has 0 aromatic rings. The summed E-state index contributed by atoms with van der Waals surface area (Å²) in [7, 11) is 0. The Morgan fingerprint density at radius 3 is 1.50 bits per heavy atom. The average molecular weight is 262 g/mol. The number of aliphatic carboxylic acids is 4. The van der Waals surface area contributed by atoms with E-state index >= 15 is 0 Å². The van der Waals surface area contributed by atoms with E-state index in [2.05, 4.69) is 0 Å². The van der Waals surface area contributed by atoms with Gasteiger partial charge in [0.1, 0.15) is 0 Å². The Morgan fingerprint density at radius 2 is 1.22 bits per heavy atom. The van der Waals surface area contributed by atoms with Crippen LogP contribution in [0.3, 0.4) is 0 Å². The van der Waals surface area contributed by atoms with Crippen molar-refractivity contribution in [2.45, 2.75) is 25.7 Å². The molecule has 102 valence electrons. The van der Waals surface area contributed by atoms with Gasteiger partial charge in [0.2, 0.25) is 0 Å². The van der Waals surface area contributed by atoms with Gasteiger partial charge in [-0.1, -0.05) is 0 Å². The second kappa shape index (κ2) is 7.25. The normalized spacial score (nSPS) is 12.1. The lowest BCUT2D eigenvalue weighted by Gasteiger charge is -2.20. The molecule has 0 aromatic heterocycles. The molecular weight excluding hydrogens is 248 g/mol. The van der Waals surface area contributed by atoms with Crippen molar-refractivity contribution in [1.82, 2.24) is 0 Å². The van der Waals surface area contributed by atoms with E-state index in [-0.39, 0.29) is 6.42 Å². The van der Waals surface area contributed by atoms with Gasteiger partial charge in [0.05, 0.1) is 5.92 Å². The first kappa shape index (κ1) is 15.9. The Kier molecular flexibility index (Phi) is 6.40. The molecule has 8 nitrogen and oxygen atoms in total. The Hall–Kier alpha value is -2.12. The summed E-state index contributed by atoms with van der Waals surface area (Å²) in [6.07, 6.45) is -1.99. The highest BCUT2D eigenvalue weighted by atomic mass is 16.4. The first-order valence-corrected chi connectivity index (χ1v) is 5.12. The third-order valence-corrected chi connectivity index (χ3v) is 2.43. The minimum absolute atomic E-state index is 0.296. The number of carboxylic acid groups (broad SMARTS) is 4. The number of hydrogen-bond donors (Lipinski definition) is 4. The molecule has 0 radical (unpaired) electrons. The molecule has 1 atom stereocenters. The molecule has 0 bridgehead atoms. The first-order valence-electron chi connectivity index (χ1n) is 5.12. The first-order chi connectivity index (χ1) is 8.23. The predicted octanol–water partition coefficient (Wildman–Crippen LogP) is 0.118. The fraction of sp³-hybridized carbons (Fsp3) is 0.600. The van der Waals surface area contributed by atoms with Crippen LogP contribution in [0.4, 0.5) is 0 Å². The summed E-state index contributed by atoms with van der Waals surface area (Å²) < 4.78 is 0. The van der Waals surface area contributed by atoms with E-state index in [9.17, 15) is 19.2 Å². The fourth-order valence-electron chi connectivity index (χ4n) is 1.65. The lowest BCUT2D eigenvalue weighted by Crippen LogP contribution is -2.28. The maximum Gasteiger partial charge on any atom is 0.306 e. The molecule has 0 heterocycles. The van der Waals surface area contributed by atoms with Crippen molar-refractivity contribution in [2.75, 3.05) is 0 Å². The van der Waals surface area contributed by atoms with Crippen LogP contribution in [0.25, 0.3) is 0 Å². The van der Waals surface area contributed by atoms with Crippen LogP contribution in [-0.4, -0.2) is 44.3 Å². The second-order valence-electron chi connectivity index (χ2n) is 3.83. The monoisotopic (exact) mass is 262 g/mol. The molecule has 0 saturated carbocycles. The Bertz CT molecular complexity index is 332. The van der Waals surface area contributed by atoms with Gasteiger partial charge >= 0.3 is 23.9 Å². The summed E-state index contributed by atoms with van der Waals surface area (Å²) in [5, 5.41) is 34.6. The van der Waals surface area contributed by atoms with E-state index in [1.54, 1.807) is 0 Å². The van der Waals surface area contributed by atoms with Gasteiger partial charge in [-0.25, -0.2) is 0 Å². The highest BCUT2D eigenvalue weighted by molar-refractivity contribution is 5.76. The molecule has 0 aliphatic carbocycles. The highest BCUT2D eigenvalue weighted by Crippen LogP contribution is 2.25. The SMILES string of the molecule is O=C(O)CCC(C(=O)O)C(CC(=O)O)CC(=O)O. The Labute approximate surface area is 102 Å². The third kappa shape index (κ3) is 6.46. The summed E-state index contributed by atoms with van der Waals surface area (Å²) in [5.74, 6) is -7.66. The molecule has 0 saturated heterocycles. The van der Waals surface area contributed by atoms with E-state index in [0.29, 0.717) is 0 Å². The van der Waals surface area contributed by atoms with Gasteiger partial charge in [-0.2, -0.15) is 0 Å². The van der Waals surface area contributed by atoms with E-state index in [1.165, 1.54) is 0 Å². The van der Waals surface area contributed by atoms with Crippen molar-refractivity contribution in [3.8, 4) is 0 Å². The zero-order chi connectivity index (χ0) is 14.3. The average Bonchev–Trinajstić information content (AvgIpc) is 2.14. The second-order valence-corrected chi connectivity index (χ2v) is 3.83. The molecule has 0 aliphatic rings. The van der Waals surface area contributed by atoms with Crippen LogP contribution in [0, 0.1) is 11.8 Å². The molecule has 0 spiro atoms. The molecule has 18 heavy (non-hydrogen) atoms. The molecule has 8 heteroatoms. The summed E-state index contributed by atoms with van der Waals surface area (Å²) in [6, 6.07) is 0. The number of carbonyl (C=O) groups is 4. The van der Waals surface area contributed by atoms with E-state index < -0.39 is 55.0 Å². The van der Waals surface area contributed by atoms with Crippen LogP contribution in [0.2, 0.25) is 0 Å². The van der Waals surface area contributed by atoms with E-state index in [4.69, 9.17) is 20.4 Å². The van der Waals surface area contributed by atoms with Gasteiger partial charge in [-0.15, -0.1) is 0 Å². The van der Waals surface area contributed by atoms with Gasteiger partial charge in [0.25, 0.3) is 0 Å². The smallest absolute Gasteiger partial charge is 0.306 e. The Balaban J connectivity index is 4.83. The van der Waals surface area contributed by atoms with Crippen molar-refractivity contribution in [3.05, 3.63) is 0 Å². The quantitative estimate of drug-likeness (QED) is 0.457. The molecule has 4 N–H and O–H groups in total. The minimum Gasteiger partial charge on any atom is -0.481 e. The van der Waals surface area contributed by atoms with Crippen molar-refractivity contribution >= 4 is 23.9 Å². The van der Waals surface area contributed by atoms with Crippen LogP contribution < -0.4 is 0 Å². The lowest BCUT2D eigenvalue weighted by molar-refractivity contribution is -0.148. The van der Waals surface area contributed by atoms with Gasteiger partial charge < -0.3 is 20.4 Å². The summed E-state index contributed by atoms with van der Waals surface area (Å²) in [4.78, 5) is 42.4. The number of rotatable bonds is 9. The van der Waals surface area contributed by atoms with Gasteiger partial charge in [0.15, 0.2) is 0 Å². The highest BCUT2D eigenvalue weighted by Gasteiger charge is 2.31. The van der Waals surface area contributed by atoms with Crippen molar-refractivity contribution in [2.24, 2.45) is 11.8 Å². The van der Waals surface area contributed by atoms with E-state index in [1.807, 2.05) is 0 Å². The van der Waals surface area contributed by atoms with E-state index in [0.717, 1.165) is 0 Å². The topological polar surface area (TPSA) is 149 Å². The largest absolute Gasteiger partial charge is 0.481 e. The fourth-order valence-corrected chi connectivity index (χ4v) is 1.65. The standard InChI is InChI=1S/C10H14O8/c11-7(12)2-1-6(10(17)18)5(3-8(13)14)4-9(15)16/h5-6H,1-4H2,(H,11,12)(H,13,14)(H,15,16)(H,17,18). The van der Waals surface area contributed by atoms with Crippen LogP contribution in [0.15, 0.2) is 0 Å². The predicted molar refractivity (Wildman–Crippen MR) is 56.0 cm³/mol. The third-order valence-electron chi connectivity index (χ3n) is 2.43. The lowest BCUT2D eigenvalue weighted by atomic mass is 9.83. The molecule has 0 amide bonds.